The van der Waals surface area contributed by atoms with Crippen molar-refractivity contribution in [3.8, 4) is 0 Å². The molecule has 0 aromatic heterocycles. The van der Waals surface area contributed by atoms with Crippen molar-refractivity contribution in [1.29, 1.82) is 0 Å². The van der Waals surface area contributed by atoms with Gasteiger partial charge < -0.3 is 15.5 Å². The number of nitrogens with one attached hydrogen (secondary N) is 1. The van der Waals surface area contributed by atoms with E-state index in [0.29, 0.717) is 13.0 Å². The lowest BCUT2D eigenvalue weighted by molar-refractivity contribution is 0.0663. The Kier molecular flexibility index (Phi) is 6.40. The molecule has 0 radical (unpaired) electrons. The highest BCUT2D eigenvalue weighted by Crippen LogP contribution is 2.32. The Morgan fingerprint density at radius 2 is 1.22 bits per heavy atom. The van der Waals surface area contributed by atoms with Crippen molar-refractivity contribution in [2.45, 2.75) is 31.1 Å². The van der Waals surface area contributed by atoms with Crippen molar-refractivity contribution in [1.82, 2.24) is 5.32 Å². The van der Waals surface area contributed by atoms with E-state index in [-0.39, 0.29) is 6.04 Å². The topological polar surface area (TPSA) is 52.5 Å². The van der Waals surface area contributed by atoms with Crippen LogP contribution in [0.4, 0.5) is 0 Å². The van der Waals surface area contributed by atoms with Gasteiger partial charge in [0, 0.05) is 6.04 Å². The van der Waals surface area contributed by atoms with Crippen LogP contribution >= 0.6 is 0 Å². The average molecular weight is 361 g/mol. The standard InChI is InChI=1S/C24H27NO2/c1-19(23(26)20-11-5-2-6-12-20)25-18-17-24(27,21-13-7-3-8-14-21)22-15-9-4-10-16-22/h2-16,19,23,25-27H,17-18H2,1H3. The van der Waals surface area contributed by atoms with Crippen LogP contribution in [0, 0.1) is 0 Å². The number of benzene rings is 3. The van der Waals surface area contributed by atoms with E-state index in [2.05, 4.69) is 5.32 Å². The van der Waals surface area contributed by atoms with E-state index in [4.69, 9.17) is 0 Å². The number of aliphatic hydroxyl groups excluding tert-OH is 1. The van der Waals surface area contributed by atoms with Gasteiger partial charge in [0.15, 0.2) is 0 Å². The minimum atomic E-state index is -1.08. The lowest BCUT2D eigenvalue weighted by Crippen LogP contribution is -2.37. The van der Waals surface area contributed by atoms with Gasteiger partial charge in [0.1, 0.15) is 5.60 Å². The smallest absolute Gasteiger partial charge is 0.116 e. The predicted octanol–water partition coefficient (Wildman–Crippen LogP) is 4.02. The summed E-state index contributed by atoms with van der Waals surface area (Å²) in [6.45, 7) is 2.53. The van der Waals surface area contributed by atoms with Crippen LogP contribution in [0.25, 0.3) is 0 Å². The van der Waals surface area contributed by atoms with Gasteiger partial charge in [-0.25, -0.2) is 0 Å². The zero-order chi connectivity index (χ0) is 19.1. The number of aliphatic hydroxyl groups is 2. The van der Waals surface area contributed by atoms with Crippen LogP contribution < -0.4 is 5.32 Å². The summed E-state index contributed by atoms with van der Waals surface area (Å²) in [5.74, 6) is 0. The van der Waals surface area contributed by atoms with Gasteiger partial charge in [-0.15, -0.1) is 0 Å². The summed E-state index contributed by atoms with van der Waals surface area (Å²) < 4.78 is 0. The van der Waals surface area contributed by atoms with Gasteiger partial charge in [-0.1, -0.05) is 91.0 Å². The molecule has 2 atom stereocenters. The molecule has 2 unspecified atom stereocenters. The lowest BCUT2D eigenvalue weighted by atomic mass is 9.83. The first kappa shape index (κ1) is 19.3. The van der Waals surface area contributed by atoms with E-state index in [1.165, 1.54) is 0 Å². The monoisotopic (exact) mass is 361 g/mol. The van der Waals surface area contributed by atoms with Crippen LogP contribution in [-0.2, 0) is 5.60 Å². The lowest BCUT2D eigenvalue weighted by Gasteiger charge is -2.31. The first-order valence-corrected chi connectivity index (χ1v) is 9.41. The summed E-state index contributed by atoms with van der Waals surface area (Å²) in [5.41, 5.74) is 1.55. The van der Waals surface area contributed by atoms with Crippen LogP contribution in [0.15, 0.2) is 91.0 Å². The minimum Gasteiger partial charge on any atom is -0.387 e. The molecule has 3 aromatic rings. The highest BCUT2D eigenvalue weighted by molar-refractivity contribution is 5.35. The number of hydrogen-bond donors (Lipinski definition) is 3. The fraction of sp³-hybridized carbons (Fsp3) is 0.250. The third-order valence-electron chi connectivity index (χ3n) is 5.07. The number of rotatable bonds is 8. The second kappa shape index (κ2) is 8.96. The van der Waals surface area contributed by atoms with Crippen LogP contribution in [0.5, 0.6) is 0 Å². The maximum absolute atomic E-state index is 11.5. The second-order valence-corrected chi connectivity index (χ2v) is 6.94. The summed E-state index contributed by atoms with van der Waals surface area (Å²) in [7, 11) is 0. The van der Waals surface area contributed by atoms with E-state index in [1.54, 1.807) is 0 Å². The normalized spacial score (nSPS) is 13.9. The van der Waals surface area contributed by atoms with Crippen LogP contribution in [-0.4, -0.2) is 22.8 Å². The van der Waals surface area contributed by atoms with Gasteiger partial charge in [0.25, 0.3) is 0 Å². The molecule has 3 heteroatoms. The van der Waals surface area contributed by atoms with E-state index in [0.717, 1.165) is 16.7 Å². The Morgan fingerprint density at radius 3 is 1.70 bits per heavy atom. The Morgan fingerprint density at radius 1 is 0.778 bits per heavy atom. The Balaban J connectivity index is 1.71. The molecular formula is C24H27NO2. The average Bonchev–Trinajstić information content (AvgIpc) is 2.75. The Hall–Kier alpha value is -2.46. The molecule has 0 saturated heterocycles. The van der Waals surface area contributed by atoms with Crippen molar-refractivity contribution >= 4 is 0 Å². The molecular weight excluding hydrogens is 334 g/mol. The van der Waals surface area contributed by atoms with Gasteiger partial charge in [-0.3, -0.25) is 0 Å². The molecule has 3 rings (SSSR count). The largest absolute Gasteiger partial charge is 0.387 e. The van der Waals surface area contributed by atoms with Crippen LogP contribution in [0.3, 0.4) is 0 Å². The first-order valence-electron chi connectivity index (χ1n) is 9.41. The zero-order valence-electron chi connectivity index (χ0n) is 15.6. The van der Waals surface area contributed by atoms with Gasteiger partial charge in [-0.2, -0.15) is 0 Å². The summed E-state index contributed by atoms with van der Waals surface area (Å²) >= 11 is 0. The molecule has 0 aliphatic heterocycles. The molecule has 3 N–H and O–H groups in total. The van der Waals surface area contributed by atoms with E-state index in [1.807, 2.05) is 97.9 Å². The Labute approximate surface area is 161 Å². The van der Waals surface area contributed by atoms with E-state index in [9.17, 15) is 10.2 Å². The zero-order valence-corrected chi connectivity index (χ0v) is 15.6. The SMILES string of the molecule is CC(NCCC(O)(c1ccccc1)c1ccccc1)C(O)c1ccccc1. The fourth-order valence-electron chi connectivity index (χ4n) is 3.41. The summed E-state index contributed by atoms with van der Waals surface area (Å²) in [6, 6.07) is 29.0. The third kappa shape index (κ3) is 4.64. The van der Waals surface area contributed by atoms with E-state index < -0.39 is 11.7 Å². The third-order valence-corrected chi connectivity index (χ3v) is 5.07. The van der Waals surface area contributed by atoms with Gasteiger partial charge in [0.05, 0.1) is 6.10 Å². The maximum atomic E-state index is 11.5. The highest BCUT2D eigenvalue weighted by atomic mass is 16.3. The van der Waals surface area contributed by atoms with Crippen LogP contribution in [0.2, 0.25) is 0 Å². The van der Waals surface area contributed by atoms with E-state index >= 15 is 0 Å². The molecule has 0 aliphatic carbocycles. The molecule has 0 spiro atoms. The van der Waals surface area contributed by atoms with Crippen molar-refractivity contribution < 1.29 is 10.2 Å². The van der Waals surface area contributed by atoms with Crippen molar-refractivity contribution in [2.24, 2.45) is 0 Å². The van der Waals surface area contributed by atoms with Gasteiger partial charge >= 0.3 is 0 Å². The van der Waals surface area contributed by atoms with Crippen LogP contribution in [0.1, 0.15) is 36.1 Å². The molecule has 0 aliphatic rings. The molecule has 0 amide bonds. The molecule has 3 aromatic carbocycles. The van der Waals surface area contributed by atoms with Crippen molar-refractivity contribution in [2.75, 3.05) is 6.54 Å². The summed E-state index contributed by atoms with van der Waals surface area (Å²) in [5, 5.41) is 25.4. The van der Waals surface area contributed by atoms with Gasteiger partial charge in [-0.05, 0) is 36.6 Å². The maximum Gasteiger partial charge on any atom is 0.116 e. The predicted molar refractivity (Wildman–Crippen MR) is 109 cm³/mol. The molecule has 0 saturated carbocycles. The first-order chi connectivity index (χ1) is 13.1. The number of hydrogen-bond acceptors (Lipinski definition) is 3. The quantitative estimate of drug-likeness (QED) is 0.568. The molecule has 0 bridgehead atoms. The fourth-order valence-corrected chi connectivity index (χ4v) is 3.41. The summed E-state index contributed by atoms with van der Waals surface area (Å²) in [4.78, 5) is 0. The molecule has 140 valence electrons. The van der Waals surface area contributed by atoms with Crippen molar-refractivity contribution in [3.05, 3.63) is 108 Å². The summed E-state index contributed by atoms with van der Waals surface area (Å²) in [6.07, 6.45) is -0.0832. The minimum absolute atomic E-state index is 0.122. The molecule has 0 fully saturated rings. The van der Waals surface area contributed by atoms with Crippen molar-refractivity contribution in [3.63, 3.8) is 0 Å². The molecule has 0 heterocycles. The van der Waals surface area contributed by atoms with Gasteiger partial charge in [0.2, 0.25) is 0 Å². The molecule has 27 heavy (non-hydrogen) atoms. The highest BCUT2D eigenvalue weighted by Gasteiger charge is 2.31. The Bertz CT molecular complexity index is 766. The molecule has 3 nitrogen and oxygen atoms in total. The second-order valence-electron chi connectivity index (χ2n) is 6.94.